The molecule has 0 aliphatic heterocycles. The van der Waals surface area contributed by atoms with E-state index < -0.39 is 5.91 Å². The molecule has 0 unspecified atom stereocenters. The van der Waals surface area contributed by atoms with E-state index in [2.05, 4.69) is 15.4 Å². The van der Waals surface area contributed by atoms with Crippen molar-refractivity contribution in [3.05, 3.63) is 93.0 Å². The van der Waals surface area contributed by atoms with Crippen molar-refractivity contribution in [2.75, 3.05) is 5.32 Å². The Balaban J connectivity index is 1.56. The Morgan fingerprint density at radius 3 is 2.60 bits per heavy atom. The first-order chi connectivity index (χ1) is 14.5. The summed E-state index contributed by atoms with van der Waals surface area (Å²) in [5, 5.41) is 7.52. The van der Waals surface area contributed by atoms with Crippen LogP contribution in [0.2, 0.25) is 0 Å². The zero-order valence-electron chi connectivity index (χ0n) is 16.4. The van der Waals surface area contributed by atoms with Gasteiger partial charge in [-0.15, -0.1) is 0 Å². The van der Waals surface area contributed by atoms with Crippen molar-refractivity contribution in [3.63, 3.8) is 0 Å². The van der Waals surface area contributed by atoms with E-state index in [4.69, 9.17) is 0 Å². The van der Waals surface area contributed by atoms with E-state index in [1.807, 2.05) is 37.3 Å². The van der Waals surface area contributed by atoms with Gasteiger partial charge in [-0.05, 0) is 30.7 Å². The third-order valence-electron chi connectivity index (χ3n) is 4.78. The second-order valence-corrected chi connectivity index (χ2v) is 6.90. The number of rotatable bonds is 5. The molecule has 2 aromatic heterocycles. The maximum absolute atomic E-state index is 12.5. The summed E-state index contributed by atoms with van der Waals surface area (Å²) in [4.78, 5) is 40.2. The predicted octanol–water partition coefficient (Wildman–Crippen LogP) is 2.95. The highest BCUT2D eigenvalue weighted by Gasteiger charge is 2.10. The molecule has 0 bridgehead atoms. The molecule has 0 spiro atoms. The second kappa shape index (κ2) is 8.16. The number of nitrogens with zero attached hydrogens (tertiary/aromatic N) is 2. The lowest BCUT2D eigenvalue weighted by Crippen LogP contribution is -2.29. The van der Waals surface area contributed by atoms with Gasteiger partial charge in [-0.2, -0.15) is 5.10 Å². The topological polar surface area (TPSA) is 96.8 Å². The Labute approximate surface area is 172 Å². The Bertz CT molecular complexity index is 1340. The van der Waals surface area contributed by atoms with Crippen LogP contribution in [0.4, 0.5) is 5.69 Å². The monoisotopic (exact) mass is 400 g/mol. The van der Waals surface area contributed by atoms with Gasteiger partial charge in [-0.1, -0.05) is 37.3 Å². The summed E-state index contributed by atoms with van der Waals surface area (Å²) in [5.74, 6) is -0.407. The number of fused-ring (bicyclic) bond motifs is 1. The minimum Gasteiger partial charge on any atom is -0.358 e. The van der Waals surface area contributed by atoms with Gasteiger partial charge in [0.15, 0.2) is 5.43 Å². The number of aromatic amines is 1. The normalized spacial score (nSPS) is 10.8. The molecule has 0 saturated heterocycles. The third kappa shape index (κ3) is 4.05. The van der Waals surface area contributed by atoms with Crippen LogP contribution in [0.3, 0.4) is 0 Å². The number of carbonyl (C=O) groups excluding carboxylic acids is 1. The van der Waals surface area contributed by atoms with Crippen molar-refractivity contribution < 1.29 is 4.79 Å². The van der Waals surface area contributed by atoms with Gasteiger partial charge in [-0.3, -0.25) is 14.4 Å². The molecule has 2 N–H and O–H groups in total. The van der Waals surface area contributed by atoms with Gasteiger partial charge in [0.25, 0.3) is 5.56 Å². The van der Waals surface area contributed by atoms with E-state index in [1.165, 1.54) is 6.07 Å². The number of aromatic nitrogens is 3. The van der Waals surface area contributed by atoms with Crippen molar-refractivity contribution in [2.45, 2.75) is 19.9 Å². The standard InChI is InChI=1S/C23H20N4O3/c1-2-16-13-21(28)18-12-17(8-9-20(18)24-16)25-22(29)14-27-23(30)11-10-19(26-27)15-6-4-3-5-7-15/h3-13H,2,14H2,1H3,(H,24,28)(H,25,29). The highest BCUT2D eigenvalue weighted by molar-refractivity contribution is 5.93. The van der Waals surface area contributed by atoms with E-state index in [0.717, 1.165) is 22.4 Å². The maximum Gasteiger partial charge on any atom is 0.267 e. The molecule has 150 valence electrons. The van der Waals surface area contributed by atoms with Gasteiger partial charge in [-0.25, -0.2) is 4.68 Å². The lowest BCUT2D eigenvalue weighted by Gasteiger charge is -2.09. The highest BCUT2D eigenvalue weighted by atomic mass is 16.2. The Morgan fingerprint density at radius 1 is 1.03 bits per heavy atom. The van der Waals surface area contributed by atoms with Gasteiger partial charge >= 0.3 is 0 Å². The molecule has 0 fully saturated rings. The minimum absolute atomic E-state index is 0.106. The molecule has 2 aromatic carbocycles. The van der Waals surface area contributed by atoms with Gasteiger partial charge < -0.3 is 10.3 Å². The quantitative estimate of drug-likeness (QED) is 0.538. The lowest BCUT2D eigenvalue weighted by atomic mass is 10.1. The van der Waals surface area contributed by atoms with Crippen LogP contribution < -0.4 is 16.3 Å². The van der Waals surface area contributed by atoms with Crippen molar-refractivity contribution in [1.29, 1.82) is 0 Å². The third-order valence-corrected chi connectivity index (χ3v) is 4.78. The average Bonchev–Trinajstić information content (AvgIpc) is 2.76. The van der Waals surface area contributed by atoms with E-state index in [1.54, 1.807) is 30.3 Å². The number of anilines is 1. The number of nitrogens with one attached hydrogen (secondary N) is 2. The summed E-state index contributed by atoms with van der Waals surface area (Å²) in [6.45, 7) is 1.73. The van der Waals surface area contributed by atoms with Crippen LogP contribution in [0.1, 0.15) is 12.6 Å². The number of H-pyrrole nitrogens is 1. The average molecular weight is 400 g/mol. The van der Waals surface area contributed by atoms with Crippen LogP contribution in [0.25, 0.3) is 22.2 Å². The molecule has 0 atom stereocenters. The largest absolute Gasteiger partial charge is 0.358 e. The predicted molar refractivity (Wildman–Crippen MR) is 117 cm³/mol. The Morgan fingerprint density at radius 2 is 1.83 bits per heavy atom. The molecule has 30 heavy (non-hydrogen) atoms. The molecule has 2 heterocycles. The van der Waals surface area contributed by atoms with E-state index in [0.29, 0.717) is 22.3 Å². The van der Waals surface area contributed by atoms with Crippen molar-refractivity contribution >= 4 is 22.5 Å². The van der Waals surface area contributed by atoms with Crippen molar-refractivity contribution in [1.82, 2.24) is 14.8 Å². The molecular formula is C23H20N4O3. The van der Waals surface area contributed by atoms with Gasteiger partial charge in [0.2, 0.25) is 5.91 Å². The smallest absolute Gasteiger partial charge is 0.267 e. The highest BCUT2D eigenvalue weighted by Crippen LogP contribution is 2.16. The molecular weight excluding hydrogens is 380 g/mol. The fraction of sp³-hybridized carbons (Fsp3) is 0.130. The maximum atomic E-state index is 12.5. The van der Waals surface area contributed by atoms with E-state index in [-0.39, 0.29) is 17.5 Å². The van der Waals surface area contributed by atoms with Crippen molar-refractivity contribution in [3.8, 4) is 11.3 Å². The summed E-state index contributed by atoms with van der Waals surface area (Å²) in [7, 11) is 0. The first kappa shape index (κ1) is 19.3. The zero-order valence-corrected chi connectivity index (χ0v) is 16.4. The summed E-state index contributed by atoms with van der Waals surface area (Å²) in [6, 6.07) is 19.1. The summed E-state index contributed by atoms with van der Waals surface area (Å²) < 4.78 is 1.12. The first-order valence-electron chi connectivity index (χ1n) is 9.63. The van der Waals surface area contributed by atoms with Crippen LogP contribution >= 0.6 is 0 Å². The van der Waals surface area contributed by atoms with Gasteiger partial charge in [0.1, 0.15) is 6.54 Å². The molecule has 7 nitrogen and oxygen atoms in total. The molecule has 0 radical (unpaired) electrons. The number of amides is 1. The number of hydrogen-bond acceptors (Lipinski definition) is 4. The van der Waals surface area contributed by atoms with Crippen LogP contribution in [0.5, 0.6) is 0 Å². The van der Waals surface area contributed by atoms with E-state index >= 15 is 0 Å². The summed E-state index contributed by atoms with van der Waals surface area (Å²) in [5.41, 5.74) is 3.03. The molecule has 1 amide bonds. The molecule has 0 saturated carbocycles. The molecule has 4 rings (SSSR count). The van der Waals surface area contributed by atoms with Gasteiger partial charge in [0.05, 0.1) is 5.69 Å². The number of benzene rings is 2. The summed E-state index contributed by atoms with van der Waals surface area (Å²) in [6.07, 6.45) is 0.730. The second-order valence-electron chi connectivity index (χ2n) is 6.90. The SMILES string of the molecule is CCc1cc(=O)c2cc(NC(=O)Cn3nc(-c4ccccc4)ccc3=O)ccc2[nH]1. The fourth-order valence-electron chi connectivity index (χ4n) is 3.23. The van der Waals surface area contributed by atoms with Crippen molar-refractivity contribution in [2.24, 2.45) is 0 Å². The van der Waals surface area contributed by atoms with Crippen LogP contribution in [0, 0.1) is 0 Å². The number of hydrogen-bond donors (Lipinski definition) is 2. The number of pyridine rings is 1. The van der Waals surface area contributed by atoms with Gasteiger partial charge in [0, 0.05) is 40.0 Å². The van der Waals surface area contributed by atoms with Crippen LogP contribution in [-0.4, -0.2) is 20.7 Å². The molecule has 7 heteroatoms. The molecule has 0 aliphatic carbocycles. The lowest BCUT2D eigenvalue weighted by molar-refractivity contribution is -0.117. The Hall–Kier alpha value is -4.00. The van der Waals surface area contributed by atoms with Crippen LogP contribution in [-0.2, 0) is 17.8 Å². The Kier molecular flexibility index (Phi) is 5.26. The fourth-order valence-corrected chi connectivity index (χ4v) is 3.23. The molecule has 4 aromatic rings. The first-order valence-corrected chi connectivity index (χ1v) is 9.63. The molecule has 0 aliphatic rings. The summed E-state index contributed by atoms with van der Waals surface area (Å²) >= 11 is 0. The minimum atomic E-state index is -0.407. The number of aryl methyl sites for hydroxylation is 1. The van der Waals surface area contributed by atoms with E-state index in [9.17, 15) is 14.4 Å². The van der Waals surface area contributed by atoms with Crippen LogP contribution in [0.15, 0.2) is 76.3 Å². The number of carbonyl (C=O) groups is 1. The zero-order chi connectivity index (χ0) is 21.1.